The van der Waals surface area contributed by atoms with Crippen molar-refractivity contribution in [3.63, 3.8) is 0 Å². The number of aromatic hydroxyl groups is 1. The number of rotatable bonds is 8. The van der Waals surface area contributed by atoms with Crippen LogP contribution < -0.4 is 0 Å². The van der Waals surface area contributed by atoms with Crippen LogP contribution in [0.1, 0.15) is 57.4 Å². The largest absolute Gasteiger partial charge is 0.508 e. The Balaban J connectivity index is 0.000000206. The van der Waals surface area contributed by atoms with Crippen LogP contribution in [-0.2, 0) is 6.42 Å². The Hall–Kier alpha value is -2.28. The van der Waals surface area contributed by atoms with E-state index in [1.165, 1.54) is 55.7 Å². The van der Waals surface area contributed by atoms with Crippen LogP contribution >= 0.6 is 0 Å². The summed E-state index contributed by atoms with van der Waals surface area (Å²) < 4.78 is 0. The number of benzene rings is 3. The lowest BCUT2D eigenvalue weighted by Crippen LogP contribution is -1.87. The van der Waals surface area contributed by atoms with Crippen LogP contribution in [0, 0.1) is 0 Å². The average Bonchev–Trinajstić information content (AvgIpc) is 2.69. The second-order valence-corrected chi connectivity index (χ2v) is 6.85. The van der Waals surface area contributed by atoms with Gasteiger partial charge >= 0.3 is 0 Å². The maximum atomic E-state index is 9.58. The van der Waals surface area contributed by atoms with Crippen LogP contribution in [0.3, 0.4) is 0 Å². The van der Waals surface area contributed by atoms with Gasteiger partial charge in [0.25, 0.3) is 0 Å². The monoisotopic (exact) mass is 348 g/mol. The summed E-state index contributed by atoms with van der Waals surface area (Å²) in [5, 5.41) is 12.2. The molecule has 0 unspecified atom stereocenters. The molecule has 26 heavy (non-hydrogen) atoms. The molecule has 0 aliphatic rings. The third-order valence-electron chi connectivity index (χ3n) is 4.70. The molecule has 3 aromatic carbocycles. The van der Waals surface area contributed by atoms with Gasteiger partial charge in [0.1, 0.15) is 5.75 Å². The zero-order valence-corrected chi connectivity index (χ0v) is 16.0. The number of hydrogen-bond acceptors (Lipinski definition) is 1. The van der Waals surface area contributed by atoms with Crippen molar-refractivity contribution >= 4 is 10.8 Å². The lowest BCUT2D eigenvalue weighted by Gasteiger charge is -2.04. The fraction of sp³-hybridized carbons (Fsp3) is 0.360. The van der Waals surface area contributed by atoms with Gasteiger partial charge in [0.05, 0.1) is 0 Å². The Bertz CT molecular complexity index is 682. The highest BCUT2D eigenvalue weighted by molar-refractivity contribution is 5.81. The predicted molar refractivity (Wildman–Crippen MR) is 114 cm³/mol. The predicted octanol–water partition coefficient (Wildman–Crippen LogP) is 7.53. The highest BCUT2D eigenvalue weighted by Crippen LogP contribution is 2.18. The average molecular weight is 349 g/mol. The van der Waals surface area contributed by atoms with Crippen molar-refractivity contribution in [2.24, 2.45) is 0 Å². The minimum absolute atomic E-state index is 0.452. The molecule has 0 bridgehead atoms. The van der Waals surface area contributed by atoms with Gasteiger partial charge in [-0.1, -0.05) is 112 Å². The van der Waals surface area contributed by atoms with E-state index in [4.69, 9.17) is 0 Å². The van der Waals surface area contributed by atoms with E-state index in [0.717, 1.165) is 12.0 Å². The molecule has 3 rings (SSSR count). The van der Waals surface area contributed by atoms with E-state index < -0.39 is 0 Å². The van der Waals surface area contributed by atoms with E-state index in [0.29, 0.717) is 5.75 Å². The first kappa shape index (κ1) is 20.0. The van der Waals surface area contributed by atoms with Crippen LogP contribution in [-0.4, -0.2) is 5.11 Å². The first-order chi connectivity index (χ1) is 12.8. The van der Waals surface area contributed by atoms with Crippen molar-refractivity contribution in [1.82, 2.24) is 0 Å². The minimum atomic E-state index is 0.452. The second kappa shape index (κ2) is 12.1. The van der Waals surface area contributed by atoms with Crippen LogP contribution in [0.4, 0.5) is 0 Å². The Labute approximate surface area is 158 Å². The first-order valence-electron chi connectivity index (χ1n) is 10.0. The fourth-order valence-electron chi connectivity index (χ4n) is 3.13. The Morgan fingerprint density at radius 3 is 1.58 bits per heavy atom. The Morgan fingerprint density at radius 1 is 0.577 bits per heavy atom. The standard InChI is InChI=1S/C15H24O.C10H8/c1-2-3-4-5-6-7-8-11-14-12-9-10-13-15(14)16;1-2-6-10-8-4-3-7-9(10)5-1/h9-10,12-13,16H,2-8,11H2,1H3;1-8H. The number of phenols is 1. The van der Waals surface area contributed by atoms with Crippen LogP contribution in [0.15, 0.2) is 72.8 Å². The number of para-hydroxylation sites is 1. The molecule has 0 saturated carbocycles. The van der Waals surface area contributed by atoms with Gasteiger partial charge in [0.2, 0.25) is 0 Å². The molecule has 0 aromatic heterocycles. The molecule has 138 valence electrons. The quantitative estimate of drug-likeness (QED) is 0.417. The van der Waals surface area contributed by atoms with Gasteiger partial charge < -0.3 is 5.11 Å². The number of aryl methyl sites for hydroxylation is 1. The molecular weight excluding hydrogens is 316 g/mol. The third-order valence-corrected chi connectivity index (χ3v) is 4.70. The normalized spacial score (nSPS) is 10.3. The topological polar surface area (TPSA) is 20.2 Å². The lowest BCUT2D eigenvalue weighted by molar-refractivity contribution is 0.466. The molecule has 3 aromatic rings. The molecule has 1 heteroatoms. The summed E-state index contributed by atoms with van der Waals surface area (Å²) in [5.74, 6) is 0.452. The zero-order chi connectivity index (χ0) is 18.5. The highest BCUT2D eigenvalue weighted by Gasteiger charge is 1.98. The smallest absolute Gasteiger partial charge is 0.118 e. The molecule has 0 spiro atoms. The number of unbranched alkanes of at least 4 members (excludes halogenated alkanes) is 6. The lowest BCUT2D eigenvalue weighted by atomic mass is 10.0. The van der Waals surface area contributed by atoms with Gasteiger partial charge in [-0.3, -0.25) is 0 Å². The van der Waals surface area contributed by atoms with Gasteiger partial charge in [-0.15, -0.1) is 0 Å². The van der Waals surface area contributed by atoms with E-state index in [1.54, 1.807) is 6.07 Å². The highest BCUT2D eigenvalue weighted by atomic mass is 16.3. The molecule has 1 nitrogen and oxygen atoms in total. The van der Waals surface area contributed by atoms with Crippen molar-refractivity contribution in [2.75, 3.05) is 0 Å². The molecule has 0 amide bonds. The van der Waals surface area contributed by atoms with Crippen LogP contribution in [0.2, 0.25) is 0 Å². The van der Waals surface area contributed by atoms with Crippen molar-refractivity contribution in [3.8, 4) is 5.75 Å². The van der Waals surface area contributed by atoms with E-state index in [9.17, 15) is 5.11 Å². The van der Waals surface area contributed by atoms with Crippen LogP contribution in [0.5, 0.6) is 5.75 Å². The van der Waals surface area contributed by atoms with E-state index in [2.05, 4.69) is 55.5 Å². The fourth-order valence-corrected chi connectivity index (χ4v) is 3.13. The zero-order valence-electron chi connectivity index (χ0n) is 16.0. The van der Waals surface area contributed by atoms with Crippen LogP contribution in [0.25, 0.3) is 10.8 Å². The SMILES string of the molecule is CCCCCCCCCc1ccccc1O.c1ccc2ccccc2c1. The van der Waals surface area contributed by atoms with Gasteiger partial charge in [-0.2, -0.15) is 0 Å². The summed E-state index contributed by atoms with van der Waals surface area (Å²) in [5.41, 5.74) is 1.09. The summed E-state index contributed by atoms with van der Waals surface area (Å²) >= 11 is 0. The van der Waals surface area contributed by atoms with Crippen molar-refractivity contribution in [3.05, 3.63) is 78.4 Å². The second-order valence-electron chi connectivity index (χ2n) is 6.85. The number of hydrogen-bond donors (Lipinski definition) is 1. The molecule has 0 heterocycles. The minimum Gasteiger partial charge on any atom is -0.508 e. The van der Waals surface area contributed by atoms with Crippen molar-refractivity contribution < 1.29 is 5.11 Å². The van der Waals surface area contributed by atoms with E-state index >= 15 is 0 Å². The summed E-state index contributed by atoms with van der Waals surface area (Å²) in [6, 6.07) is 24.4. The number of phenolic OH excluding ortho intramolecular Hbond substituents is 1. The van der Waals surface area contributed by atoms with Crippen molar-refractivity contribution in [1.29, 1.82) is 0 Å². The maximum absolute atomic E-state index is 9.58. The van der Waals surface area contributed by atoms with Gasteiger partial charge in [-0.05, 0) is 35.2 Å². The van der Waals surface area contributed by atoms with Crippen molar-refractivity contribution in [2.45, 2.75) is 58.3 Å². The molecule has 0 aliphatic heterocycles. The number of fused-ring (bicyclic) bond motifs is 1. The molecule has 0 aliphatic carbocycles. The first-order valence-corrected chi connectivity index (χ1v) is 10.0. The maximum Gasteiger partial charge on any atom is 0.118 e. The molecule has 1 N–H and O–H groups in total. The summed E-state index contributed by atoms with van der Waals surface area (Å²) in [6.07, 6.45) is 10.3. The molecule has 0 atom stereocenters. The molecule has 0 fully saturated rings. The molecular formula is C25H32O. The Morgan fingerprint density at radius 2 is 1.04 bits per heavy atom. The van der Waals surface area contributed by atoms with Gasteiger partial charge in [0, 0.05) is 0 Å². The van der Waals surface area contributed by atoms with E-state index in [-0.39, 0.29) is 0 Å². The summed E-state index contributed by atoms with van der Waals surface area (Å²) in [7, 11) is 0. The molecule has 0 saturated heterocycles. The third kappa shape index (κ3) is 7.31. The summed E-state index contributed by atoms with van der Waals surface area (Å²) in [4.78, 5) is 0. The van der Waals surface area contributed by atoms with E-state index in [1.807, 2.05) is 18.2 Å². The van der Waals surface area contributed by atoms with Gasteiger partial charge in [-0.25, -0.2) is 0 Å². The summed E-state index contributed by atoms with van der Waals surface area (Å²) in [6.45, 7) is 2.25. The van der Waals surface area contributed by atoms with Gasteiger partial charge in [0.15, 0.2) is 0 Å². The molecule has 0 radical (unpaired) electrons. The Kier molecular flexibility index (Phi) is 9.35.